The molecule has 1 unspecified atom stereocenters. The van der Waals surface area contributed by atoms with Crippen LogP contribution in [0.15, 0.2) is 36.5 Å². The Bertz CT molecular complexity index is 937. The van der Waals surface area contributed by atoms with Gasteiger partial charge in [0.15, 0.2) is 0 Å². The summed E-state index contributed by atoms with van der Waals surface area (Å²) in [5, 5.41) is 2.91. The lowest BCUT2D eigenvalue weighted by Gasteiger charge is -2.37. The molecule has 1 aromatic heterocycles. The van der Waals surface area contributed by atoms with Gasteiger partial charge in [0.1, 0.15) is 5.69 Å². The summed E-state index contributed by atoms with van der Waals surface area (Å²) in [5.74, 6) is 7.19. The predicted molar refractivity (Wildman–Crippen MR) is 115 cm³/mol. The van der Waals surface area contributed by atoms with E-state index in [2.05, 4.69) is 44.2 Å². The van der Waals surface area contributed by atoms with Crippen molar-refractivity contribution >= 4 is 11.9 Å². The van der Waals surface area contributed by atoms with Gasteiger partial charge in [-0.3, -0.25) is 4.79 Å². The Balaban J connectivity index is 1.39. The van der Waals surface area contributed by atoms with Crippen molar-refractivity contribution in [2.45, 2.75) is 52.0 Å². The first-order valence-corrected chi connectivity index (χ1v) is 10.5. The molecule has 0 radical (unpaired) electrons. The number of aromatic nitrogens is 2. The molecule has 29 heavy (non-hydrogen) atoms. The Hall–Kier alpha value is -2.87. The first-order valence-electron chi connectivity index (χ1n) is 10.5. The number of hydrogen-bond donors (Lipinski definition) is 1. The second kappa shape index (κ2) is 8.24. The highest BCUT2D eigenvalue weighted by Crippen LogP contribution is 2.48. The summed E-state index contributed by atoms with van der Waals surface area (Å²) >= 11 is 0. The minimum atomic E-state index is 0.000920. The van der Waals surface area contributed by atoms with E-state index in [1.54, 1.807) is 6.92 Å². The first kappa shape index (κ1) is 19.4. The summed E-state index contributed by atoms with van der Waals surface area (Å²) in [5.41, 5.74) is 3.42. The minimum absolute atomic E-state index is 0.000920. The third-order valence-corrected chi connectivity index (χ3v) is 6.06. The number of amides is 1. The maximum Gasteiger partial charge on any atom is 0.226 e. The van der Waals surface area contributed by atoms with Crippen molar-refractivity contribution in [2.24, 2.45) is 5.41 Å². The molecule has 1 aliphatic heterocycles. The number of nitrogens with one attached hydrogen (secondary N) is 1. The van der Waals surface area contributed by atoms with Gasteiger partial charge in [-0.2, -0.15) is 0 Å². The molecule has 0 bridgehead atoms. The van der Waals surface area contributed by atoms with Crippen LogP contribution in [0.5, 0.6) is 0 Å². The highest BCUT2D eigenvalue weighted by Gasteiger charge is 2.43. The molecule has 150 valence electrons. The Kier molecular flexibility index (Phi) is 5.53. The van der Waals surface area contributed by atoms with Gasteiger partial charge in [0.2, 0.25) is 11.9 Å². The van der Waals surface area contributed by atoms with Crippen LogP contribution in [-0.4, -0.2) is 35.0 Å². The average Bonchev–Trinajstić information content (AvgIpc) is 3.13. The Labute approximate surface area is 172 Å². The topological polar surface area (TPSA) is 58.1 Å². The van der Waals surface area contributed by atoms with E-state index in [-0.39, 0.29) is 11.9 Å². The van der Waals surface area contributed by atoms with Gasteiger partial charge < -0.3 is 10.2 Å². The number of carbonyl (C=O) groups excluding carboxylic acids is 1. The van der Waals surface area contributed by atoms with Crippen LogP contribution < -0.4 is 10.2 Å². The maximum absolute atomic E-state index is 11.1. The van der Waals surface area contributed by atoms with Crippen molar-refractivity contribution in [1.82, 2.24) is 15.3 Å². The highest BCUT2D eigenvalue weighted by atomic mass is 16.1. The van der Waals surface area contributed by atoms with Gasteiger partial charge in [0.25, 0.3) is 0 Å². The van der Waals surface area contributed by atoms with E-state index in [0.717, 1.165) is 36.7 Å². The zero-order valence-electron chi connectivity index (χ0n) is 17.2. The Morgan fingerprint density at radius 2 is 2.00 bits per heavy atom. The summed E-state index contributed by atoms with van der Waals surface area (Å²) in [7, 11) is 0. The number of benzene rings is 1. The van der Waals surface area contributed by atoms with Crippen LogP contribution >= 0.6 is 0 Å². The molecule has 2 heterocycles. The van der Waals surface area contributed by atoms with Gasteiger partial charge in [0, 0.05) is 37.8 Å². The fourth-order valence-electron chi connectivity index (χ4n) is 4.37. The van der Waals surface area contributed by atoms with Crippen molar-refractivity contribution < 1.29 is 4.79 Å². The summed E-state index contributed by atoms with van der Waals surface area (Å²) in [6.07, 6.45) is 7.94. The molecule has 1 saturated carbocycles. The maximum atomic E-state index is 11.1. The van der Waals surface area contributed by atoms with Crippen molar-refractivity contribution in [3.8, 4) is 11.8 Å². The molecule has 4 rings (SSSR count). The second-order valence-corrected chi connectivity index (χ2v) is 8.52. The number of anilines is 1. The molecule has 2 fully saturated rings. The van der Waals surface area contributed by atoms with Crippen LogP contribution in [0.25, 0.3) is 0 Å². The van der Waals surface area contributed by atoms with Crippen LogP contribution in [0.1, 0.15) is 56.4 Å². The smallest absolute Gasteiger partial charge is 0.226 e. The van der Waals surface area contributed by atoms with Gasteiger partial charge in [-0.1, -0.05) is 24.5 Å². The third-order valence-electron chi connectivity index (χ3n) is 6.06. The number of nitrogens with zero attached hydrogens (tertiary/aromatic N) is 3. The highest BCUT2D eigenvalue weighted by molar-refractivity contribution is 5.73. The molecular weight excluding hydrogens is 360 g/mol. The molecule has 2 aliphatic rings. The molecular formula is C24H28N4O. The lowest BCUT2D eigenvalue weighted by atomic mass is 9.68. The standard InChI is InChI=1S/C24H28N4O/c1-18(26-19(2)29)16-21-6-4-20(5-7-21)8-9-22-10-14-25-23(27-22)28-15-13-24(17-28)11-3-12-24/h4-7,10,14,18H,3,11-13,15-17H2,1-2H3,(H,26,29). The monoisotopic (exact) mass is 388 g/mol. The molecule has 1 amide bonds. The normalized spacial score (nSPS) is 17.9. The molecule has 5 heteroatoms. The summed E-state index contributed by atoms with van der Waals surface area (Å²) < 4.78 is 0. The number of hydrogen-bond acceptors (Lipinski definition) is 4. The van der Waals surface area contributed by atoms with E-state index in [0.29, 0.717) is 5.41 Å². The van der Waals surface area contributed by atoms with Gasteiger partial charge in [-0.15, -0.1) is 0 Å². The quantitative estimate of drug-likeness (QED) is 0.817. The van der Waals surface area contributed by atoms with E-state index in [4.69, 9.17) is 0 Å². The molecule has 1 atom stereocenters. The summed E-state index contributed by atoms with van der Waals surface area (Å²) in [6.45, 7) is 5.69. The van der Waals surface area contributed by atoms with Crippen LogP contribution in [0.2, 0.25) is 0 Å². The Morgan fingerprint density at radius 3 is 2.66 bits per heavy atom. The molecule has 2 aromatic rings. The number of carbonyl (C=O) groups is 1. The van der Waals surface area contributed by atoms with Gasteiger partial charge in [0.05, 0.1) is 0 Å². The van der Waals surface area contributed by atoms with E-state index in [9.17, 15) is 4.79 Å². The van der Waals surface area contributed by atoms with E-state index >= 15 is 0 Å². The Morgan fingerprint density at radius 1 is 1.21 bits per heavy atom. The minimum Gasteiger partial charge on any atom is -0.354 e. The van der Waals surface area contributed by atoms with Crippen molar-refractivity contribution in [3.63, 3.8) is 0 Å². The fraction of sp³-hybridized carbons (Fsp3) is 0.458. The van der Waals surface area contributed by atoms with E-state index in [1.165, 1.54) is 31.2 Å². The molecule has 1 aromatic carbocycles. The van der Waals surface area contributed by atoms with E-state index < -0.39 is 0 Å². The molecule has 1 aliphatic carbocycles. The SMILES string of the molecule is CC(=O)NC(C)Cc1ccc(C#Cc2ccnc(N3CCC4(CCC4)C3)n2)cc1. The van der Waals surface area contributed by atoms with Crippen molar-refractivity contribution in [3.05, 3.63) is 53.3 Å². The van der Waals surface area contributed by atoms with Gasteiger partial charge in [-0.05, 0) is 67.7 Å². The summed E-state index contributed by atoms with van der Waals surface area (Å²) in [6, 6.07) is 10.2. The third kappa shape index (κ3) is 4.76. The van der Waals surface area contributed by atoms with Crippen LogP contribution in [0, 0.1) is 17.3 Å². The van der Waals surface area contributed by atoms with Gasteiger partial charge in [-0.25, -0.2) is 9.97 Å². The predicted octanol–water partition coefficient (Wildman–Crippen LogP) is 3.32. The zero-order valence-corrected chi connectivity index (χ0v) is 17.2. The lowest BCUT2D eigenvalue weighted by Crippen LogP contribution is -2.33. The van der Waals surface area contributed by atoms with E-state index in [1.807, 2.05) is 31.3 Å². The zero-order chi connectivity index (χ0) is 20.3. The molecule has 1 N–H and O–H groups in total. The average molecular weight is 389 g/mol. The van der Waals surface area contributed by atoms with Crippen LogP contribution in [0.4, 0.5) is 5.95 Å². The van der Waals surface area contributed by atoms with Crippen molar-refractivity contribution in [1.29, 1.82) is 0 Å². The second-order valence-electron chi connectivity index (χ2n) is 8.52. The lowest BCUT2D eigenvalue weighted by molar-refractivity contribution is -0.119. The number of rotatable bonds is 4. The molecule has 5 nitrogen and oxygen atoms in total. The summed E-state index contributed by atoms with van der Waals surface area (Å²) in [4.78, 5) is 22.6. The molecule has 1 spiro atoms. The first-order chi connectivity index (χ1) is 14.0. The van der Waals surface area contributed by atoms with Crippen molar-refractivity contribution in [2.75, 3.05) is 18.0 Å². The fourth-order valence-corrected chi connectivity index (χ4v) is 4.37. The van der Waals surface area contributed by atoms with Crippen LogP contribution in [-0.2, 0) is 11.2 Å². The largest absolute Gasteiger partial charge is 0.354 e. The molecule has 1 saturated heterocycles. The van der Waals surface area contributed by atoms with Crippen LogP contribution in [0.3, 0.4) is 0 Å². The van der Waals surface area contributed by atoms with Gasteiger partial charge >= 0.3 is 0 Å².